The lowest BCUT2D eigenvalue weighted by molar-refractivity contribution is 0.202. The lowest BCUT2D eigenvalue weighted by Crippen LogP contribution is -2.11. The maximum atomic E-state index is 10.5. The predicted molar refractivity (Wildman–Crippen MR) is 72.4 cm³/mol. The molecule has 0 bridgehead atoms. The van der Waals surface area contributed by atoms with Crippen LogP contribution in [0.4, 0.5) is 0 Å². The number of rotatable bonds is 5. The average molecular weight is 282 g/mol. The summed E-state index contributed by atoms with van der Waals surface area (Å²) in [6.07, 6.45) is 1.64. The van der Waals surface area contributed by atoms with Gasteiger partial charge >= 0.3 is 0 Å². The van der Waals surface area contributed by atoms with Crippen molar-refractivity contribution in [1.82, 2.24) is 15.0 Å². The lowest BCUT2D eigenvalue weighted by atomic mass is 10.1. The average Bonchev–Trinajstić information content (AvgIpc) is 2.86. The van der Waals surface area contributed by atoms with Gasteiger partial charge in [-0.3, -0.25) is 0 Å². The zero-order chi connectivity index (χ0) is 13.8. The van der Waals surface area contributed by atoms with Crippen LogP contribution in [0.1, 0.15) is 30.7 Å². The minimum Gasteiger partial charge on any atom is -0.496 e. The van der Waals surface area contributed by atoms with E-state index in [0.29, 0.717) is 28.6 Å². The molecule has 1 N–H and O–H groups in total. The van der Waals surface area contributed by atoms with Crippen LogP contribution in [-0.4, -0.2) is 27.2 Å². The van der Waals surface area contributed by atoms with Crippen LogP contribution in [0.15, 0.2) is 24.4 Å². The topological polar surface area (TPSA) is 60.2 Å². The fraction of sp³-hybridized carbons (Fsp3) is 0.385. The Hall–Kier alpha value is -1.59. The molecule has 2 rings (SSSR count). The number of ether oxygens (including phenoxy) is 1. The Kier molecular flexibility index (Phi) is 4.39. The van der Waals surface area contributed by atoms with E-state index in [0.717, 1.165) is 6.42 Å². The SMILES string of the molecule is CCCn1nncc1C(O)c1ccc(Cl)cc1OC. The van der Waals surface area contributed by atoms with E-state index in [2.05, 4.69) is 10.3 Å². The molecule has 2 aromatic rings. The van der Waals surface area contributed by atoms with Crippen molar-refractivity contribution < 1.29 is 9.84 Å². The molecule has 1 heterocycles. The van der Waals surface area contributed by atoms with Gasteiger partial charge in [-0.1, -0.05) is 29.8 Å². The highest BCUT2D eigenvalue weighted by Gasteiger charge is 2.20. The molecule has 0 saturated heterocycles. The number of hydrogen-bond donors (Lipinski definition) is 1. The summed E-state index contributed by atoms with van der Waals surface area (Å²) in [4.78, 5) is 0. The first-order valence-electron chi connectivity index (χ1n) is 6.07. The number of benzene rings is 1. The maximum absolute atomic E-state index is 10.5. The summed E-state index contributed by atoms with van der Waals surface area (Å²) in [7, 11) is 1.55. The number of aliphatic hydroxyl groups excluding tert-OH is 1. The lowest BCUT2D eigenvalue weighted by Gasteiger charge is -2.15. The Balaban J connectivity index is 2.38. The molecule has 5 nitrogen and oxygen atoms in total. The molecule has 102 valence electrons. The van der Waals surface area contributed by atoms with Crippen molar-refractivity contribution in [2.45, 2.75) is 26.0 Å². The van der Waals surface area contributed by atoms with Gasteiger partial charge in [0.05, 0.1) is 19.0 Å². The van der Waals surface area contributed by atoms with Crippen LogP contribution in [0.3, 0.4) is 0 Å². The molecule has 1 aromatic heterocycles. The van der Waals surface area contributed by atoms with Crippen molar-refractivity contribution in [3.63, 3.8) is 0 Å². The highest BCUT2D eigenvalue weighted by atomic mass is 35.5. The molecule has 0 aliphatic heterocycles. The summed E-state index contributed by atoms with van der Waals surface area (Å²) in [6, 6.07) is 5.14. The van der Waals surface area contributed by atoms with Crippen LogP contribution in [0.2, 0.25) is 5.02 Å². The van der Waals surface area contributed by atoms with Crippen molar-refractivity contribution in [3.8, 4) is 5.75 Å². The van der Waals surface area contributed by atoms with Gasteiger partial charge in [0.1, 0.15) is 11.9 Å². The van der Waals surface area contributed by atoms with Gasteiger partial charge in [-0.25, -0.2) is 4.68 Å². The minimum atomic E-state index is -0.839. The Bertz CT molecular complexity index is 557. The molecule has 0 radical (unpaired) electrons. The van der Waals surface area contributed by atoms with Gasteiger partial charge in [0.15, 0.2) is 0 Å². The summed E-state index contributed by atoms with van der Waals surface area (Å²) in [5.74, 6) is 0.546. The number of methoxy groups -OCH3 is 1. The third kappa shape index (κ3) is 2.88. The van der Waals surface area contributed by atoms with Crippen molar-refractivity contribution in [3.05, 3.63) is 40.7 Å². The first-order valence-corrected chi connectivity index (χ1v) is 6.45. The fourth-order valence-electron chi connectivity index (χ4n) is 1.93. The van der Waals surface area contributed by atoms with Gasteiger partial charge in [-0.05, 0) is 18.6 Å². The van der Waals surface area contributed by atoms with Crippen LogP contribution in [0.5, 0.6) is 5.75 Å². The summed E-state index contributed by atoms with van der Waals surface area (Å²) in [5, 5.41) is 18.8. The van der Waals surface area contributed by atoms with Crippen LogP contribution >= 0.6 is 11.6 Å². The standard InChI is InChI=1S/C13H16ClN3O2/c1-3-6-17-11(8-15-16-17)13(18)10-5-4-9(14)7-12(10)19-2/h4-5,7-8,13,18H,3,6H2,1-2H3. The summed E-state index contributed by atoms with van der Waals surface area (Å²) < 4.78 is 6.94. The molecule has 1 aromatic carbocycles. The molecule has 19 heavy (non-hydrogen) atoms. The minimum absolute atomic E-state index is 0.546. The predicted octanol–water partition coefficient (Wildman–Crippen LogP) is 2.43. The monoisotopic (exact) mass is 281 g/mol. The number of aromatic nitrogens is 3. The highest BCUT2D eigenvalue weighted by Crippen LogP contribution is 2.31. The number of halogens is 1. The Morgan fingerprint density at radius 2 is 2.26 bits per heavy atom. The van der Waals surface area contributed by atoms with Gasteiger partial charge in [0, 0.05) is 17.1 Å². The summed E-state index contributed by atoms with van der Waals surface area (Å²) >= 11 is 5.91. The molecule has 0 aliphatic rings. The van der Waals surface area contributed by atoms with Crippen LogP contribution in [-0.2, 0) is 6.54 Å². The molecule has 0 aliphatic carbocycles. The van der Waals surface area contributed by atoms with Crippen LogP contribution in [0.25, 0.3) is 0 Å². The van der Waals surface area contributed by atoms with Crippen LogP contribution < -0.4 is 4.74 Å². The largest absolute Gasteiger partial charge is 0.496 e. The molecular formula is C13H16ClN3O2. The fourth-order valence-corrected chi connectivity index (χ4v) is 2.10. The molecule has 1 unspecified atom stereocenters. The highest BCUT2D eigenvalue weighted by molar-refractivity contribution is 6.30. The normalized spacial score (nSPS) is 12.4. The van der Waals surface area contributed by atoms with E-state index in [1.165, 1.54) is 0 Å². The van der Waals surface area contributed by atoms with Crippen LogP contribution in [0, 0.1) is 0 Å². The van der Waals surface area contributed by atoms with E-state index in [-0.39, 0.29) is 0 Å². The van der Waals surface area contributed by atoms with Gasteiger partial charge in [0.25, 0.3) is 0 Å². The molecule has 0 spiro atoms. The number of hydrogen-bond acceptors (Lipinski definition) is 4. The summed E-state index contributed by atoms with van der Waals surface area (Å²) in [5.41, 5.74) is 1.29. The van der Waals surface area contributed by atoms with E-state index < -0.39 is 6.10 Å². The third-order valence-electron chi connectivity index (χ3n) is 2.85. The quantitative estimate of drug-likeness (QED) is 0.914. The number of aryl methyl sites for hydroxylation is 1. The zero-order valence-corrected chi connectivity index (χ0v) is 11.6. The summed E-state index contributed by atoms with van der Waals surface area (Å²) in [6.45, 7) is 2.75. The van der Waals surface area contributed by atoms with Crippen molar-refractivity contribution in [2.24, 2.45) is 0 Å². The smallest absolute Gasteiger partial charge is 0.126 e. The van der Waals surface area contributed by atoms with Gasteiger partial charge in [-0.15, -0.1) is 5.10 Å². The van der Waals surface area contributed by atoms with Crippen molar-refractivity contribution >= 4 is 11.6 Å². The second-order valence-electron chi connectivity index (χ2n) is 4.17. The second-order valence-corrected chi connectivity index (χ2v) is 4.61. The first kappa shape index (κ1) is 13.8. The number of nitrogens with zero attached hydrogens (tertiary/aromatic N) is 3. The maximum Gasteiger partial charge on any atom is 0.126 e. The van der Waals surface area contributed by atoms with Crippen molar-refractivity contribution in [2.75, 3.05) is 7.11 Å². The zero-order valence-electron chi connectivity index (χ0n) is 10.9. The van der Waals surface area contributed by atoms with E-state index in [1.54, 1.807) is 36.2 Å². The Morgan fingerprint density at radius 1 is 1.47 bits per heavy atom. The van der Waals surface area contributed by atoms with E-state index >= 15 is 0 Å². The van der Waals surface area contributed by atoms with Crippen molar-refractivity contribution in [1.29, 1.82) is 0 Å². The Labute approximate surface area is 116 Å². The second kappa shape index (κ2) is 6.04. The molecular weight excluding hydrogens is 266 g/mol. The molecule has 0 saturated carbocycles. The van der Waals surface area contributed by atoms with Gasteiger partial charge < -0.3 is 9.84 Å². The molecule has 0 fully saturated rings. The van der Waals surface area contributed by atoms with E-state index in [4.69, 9.17) is 16.3 Å². The van der Waals surface area contributed by atoms with Gasteiger partial charge in [0.2, 0.25) is 0 Å². The van der Waals surface area contributed by atoms with E-state index in [1.807, 2.05) is 6.92 Å². The van der Waals surface area contributed by atoms with Gasteiger partial charge in [-0.2, -0.15) is 0 Å². The Morgan fingerprint density at radius 3 is 2.95 bits per heavy atom. The number of aliphatic hydroxyl groups is 1. The third-order valence-corrected chi connectivity index (χ3v) is 3.09. The molecule has 0 amide bonds. The van der Waals surface area contributed by atoms with E-state index in [9.17, 15) is 5.11 Å². The molecule has 6 heteroatoms. The molecule has 1 atom stereocenters. The first-order chi connectivity index (χ1) is 9.17.